The third-order valence-electron chi connectivity index (χ3n) is 4.53. The van der Waals surface area contributed by atoms with Gasteiger partial charge in [0.2, 0.25) is 5.91 Å². The second kappa shape index (κ2) is 9.42. The van der Waals surface area contributed by atoms with Crippen molar-refractivity contribution >= 4 is 5.91 Å². The van der Waals surface area contributed by atoms with Gasteiger partial charge in [0.25, 0.3) is 0 Å². The average molecular weight is 300 g/mol. The zero-order valence-corrected chi connectivity index (χ0v) is 15.2. The van der Waals surface area contributed by atoms with Crippen LogP contribution in [0.3, 0.4) is 0 Å². The summed E-state index contributed by atoms with van der Waals surface area (Å²) >= 11 is 0. The standard InChI is InChI=1S/C17H37N3O/c1-8-15(9-2)12-20(10-3)14(6)11-17(7,16(18)21)19-13(4)5/h13-15,19H,8-12H2,1-7H3,(H2,18,21). The van der Waals surface area contributed by atoms with Crippen molar-refractivity contribution in [3.8, 4) is 0 Å². The summed E-state index contributed by atoms with van der Waals surface area (Å²) in [6.07, 6.45) is 3.16. The Labute approximate surface area is 131 Å². The van der Waals surface area contributed by atoms with Crippen molar-refractivity contribution in [3.05, 3.63) is 0 Å². The van der Waals surface area contributed by atoms with Crippen LogP contribution < -0.4 is 11.1 Å². The van der Waals surface area contributed by atoms with Gasteiger partial charge in [0.05, 0.1) is 5.54 Å². The van der Waals surface area contributed by atoms with Gasteiger partial charge in [-0.2, -0.15) is 0 Å². The summed E-state index contributed by atoms with van der Waals surface area (Å²) < 4.78 is 0. The zero-order chi connectivity index (χ0) is 16.6. The zero-order valence-electron chi connectivity index (χ0n) is 15.2. The van der Waals surface area contributed by atoms with Crippen LogP contribution in [0.4, 0.5) is 0 Å². The van der Waals surface area contributed by atoms with Crippen molar-refractivity contribution in [2.45, 2.75) is 85.4 Å². The van der Waals surface area contributed by atoms with Crippen LogP contribution in [-0.4, -0.2) is 41.5 Å². The van der Waals surface area contributed by atoms with Gasteiger partial charge in [0.15, 0.2) is 0 Å². The van der Waals surface area contributed by atoms with Crippen molar-refractivity contribution < 1.29 is 4.79 Å². The molecule has 0 saturated heterocycles. The molecule has 0 bridgehead atoms. The Bertz CT molecular complexity index is 302. The van der Waals surface area contributed by atoms with Crippen LogP contribution in [0.2, 0.25) is 0 Å². The molecule has 0 aliphatic heterocycles. The van der Waals surface area contributed by atoms with E-state index in [0.29, 0.717) is 6.04 Å². The van der Waals surface area contributed by atoms with E-state index in [1.807, 2.05) is 20.8 Å². The van der Waals surface area contributed by atoms with Crippen molar-refractivity contribution in [2.24, 2.45) is 11.7 Å². The predicted octanol–water partition coefficient (Wildman–Crippen LogP) is 2.77. The minimum Gasteiger partial charge on any atom is -0.368 e. The molecular formula is C17H37N3O. The van der Waals surface area contributed by atoms with Gasteiger partial charge in [-0.15, -0.1) is 0 Å². The van der Waals surface area contributed by atoms with Crippen LogP contribution in [-0.2, 0) is 4.79 Å². The van der Waals surface area contributed by atoms with E-state index in [1.165, 1.54) is 12.8 Å². The lowest BCUT2D eigenvalue weighted by Gasteiger charge is -2.37. The lowest BCUT2D eigenvalue weighted by Crippen LogP contribution is -2.58. The molecule has 4 heteroatoms. The van der Waals surface area contributed by atoms with Gasteiger partial charge in [-0.3, -0.25) is 4.79 Å². The molecule has 0 saturated carbocycles. The fourth-order valence-electron chi connectivity index (χ4n) is 3.09. The maximum Gasteiger partial charge on any atom is 0.237 e. The minimum atomic E-state index is -0.644. The topological polar surface area (TPSA) is 58.4 Å². The summed E-state index contributed by atoms with van der Waals surface area (Å²) in [6.45, 7) is 17.0. The number of hydrogen-bond acceptors (Lipinski definition) is 3. The van der Waals surface area contributed by atoms with Gasteiger partial charge in [-0.05, 0) is 46.6 Å². The molecule has 0 aliphatic carbocycles. The van der Waals surface area contributed by atoms with E-state index in [0.717, 1.165) is 25.4 Å². The SMILES string of the molecule is CCC(CC)CN(CC)C(C)CC(C)(NC(C)C)C(N)=O. The van der Waals surface area contributed by atoms with Gasteiger partial charge >= 0.3 is 0 Å². The normalized spacial score (nSPS) is 16.5. The van der Waals surface area contributed by atoms with Crippen LogP contribution in [0.1, 0.15) is 67.7 Å². The van der Waals surface area contributed by atoms with E-state index < -0.39 is 5.54 Å². The molecule has 0 aliphatic rings. The van der Waals surface area contributed by atoms with Crippen molar-refractivity contribution in [1.29, 1.82) is 0 Å². The first kappa shape index (κ1) is 20.4. The molecule has 0 aromatic carbocycles. The van der Waals surface area contributed by atoms with Gasteiger partial charge in [-0.1, -0.05) is 33.6 Å². The molecular weight excluding hydrogens is 262 g/mol. The first-order valence-corrected chi connectivity index (χ1v) is 8.51. The van der Waals surface area contributed by atoms with Crippen LogP contribution in [0, 0.1) is 5.92 Å². The number of carbonyl (C=O) groups excluding carboxylic acids is 1. The summed E-state index contributed by atoms with van der Waals surface area (Å²) in [5, 5.41) is 3.35. The summed E-state index contributed by atoms with van der Waals surface area (Å²) in [6, 6.07) is 0.572. The highest BCUT2D eigenvalue weighted by Gasteiger charge is 2.34. The van der Waals surface area contributed by atoms with Gasteiger partial charge in [0, 0.05) is 18.6 Å². The molecule has 0 spiro atoms. The smallest absolute Gasteiger partial charge is 0.237 e. The molecule has 1 amide bonds. The van der Waals surface area contributed by atoms with E-state index in [1.54, 1.807) is 0 Å². The number of nitrogens with zero attached hydrogens (tertiary/aromatic N) is 1. The molecule has 0 heterocycles. The summed E-state index contributed by atoms with van der Waals surface area (Å²) in [4.78, 5) is 14.4. The Hall–Kier alpha value is -0.610. The number of primary amides is 1. The van der Waals surface area contributed by atoms with E-state index in [2.05, 4.69) is 37.9 Å². The van der Waals surface area contributed by atoms with Crippen LogP contribution >= 0.6 is 0 Å². The molecule has 3 N–H and O–H groups in total. The quantitative estimate of drug-likeness (QED) is 0.617. The Balaban J connectivity index is 4.85. The molecule has 0 rings (SSSR count). The number of carbonyl (C=O) groups is 1. The maximum atomic E-state index is 11.9. The van der Waals surface area contributed by atoms with Crippen LogP contribution in [0.15, 0.2) is 0 Å². The Morgan fingerprint density at radius 3 is 2.05 bits per heavy atom. The van der Waals surface area contributed by atoms with E-state index in [9.17, 15) is 4.79 Å². The third kappa shape index (κ3) is 6.79. The van der Waals surface area contributed by atoms with E-state index in [4.69, 9.17) is 5.73 Å². The first-order valence-electron chi connectivity index (χ1n) is 8.51. The molecule has 21 heavy (non-hydrogen) atoms. The molecule has 0 aromatic heterocycles. The molecule has 0 aromatic rings. The van der Waals surface area contributed by atoms with E-state index in [-0.39, 0.29) is 11.9 Å². The summed E-state index contributed by atoms with van der Waals surface area (Å²) in [7, 11) is 0. The lowest BCUT2D eigenvalue weighted by atomic mass is 9.90. The highest BCUT2D eigenvalue weighted by atomic mass is 16.1. The van der Waals surface area contributed by atoms with Gasteiger partial charge in [-0.25, -0.2) is 0 Å². The highest BCUT2D eigenvalue weighted by molar-refractivity contribution is 5.84. The Morgan fingerprint density at radius 2 is 1.71 bits per heavy atom. The lowest BCUT2D eigenvalue weighted by molar-refractivity contribution is -0.125. The average Bonchev–Trinajstić information content (AvgIpc) is 2.38. The number of nitrogens with two attached hydrogens (primary N) is 1. The van der Waals surface area contributed by atoms with Crippen LogP contribution in [0.5, 0.6) is 0 Å². The number of hydrogen-bond donors (Lipinski definition) is 2. The summed E-state index contributed by atoms with van der Waals surface area (Å²) in [5.74, 6) is 0.465. The molecule has 126 valence electrons. The predicted molar refractivity (Wildman–Crippen MR) is 91.3 cm³/mol. The Morgan fingerprint density at radius 1 is 1.19 bits per heavy atom. The van der Waals surface area contributed by atoms with Crippen molar-refractivity contribution in [1.82, 2.24) is 10.2 Å². The molecule has 2 atom stereocenters. The minimum absolute atomic E-state index is 0.240. The van der Waals surface area contributed by atoms with Crippen molar-refractivity contribution in [2.75, 3.05) is 13.1 Å². The third-order valence-corrected chi connectivity index (χ3v) is 4.53. The fourth-order valence-corrected chi connectivity index (χ4v) is 3.09. The van der Waals surface area contributed by atoms with Crippen molar-refractivity contribution in [3.63, 3.8) is 0 Å². The molecule has 4 nitrogen and oxygen atoms in total. The van der Waals surface area contributed by atoms with Crippen LogP contribution in [0.25, 0.3) is 0 Å². The number of amides is 1. The number of rotatable bonds is 11. The van der Waals surface area contributed by atoms with Gasteiger partial charge in [0.1, 0.15) is 0 Å². The summed E-state index contributed by atoms with van der Waals surface area (Å²) in [5.41, 5.74) is 5.00. The van der Waals surface area contributed by atoms with E-state index >= 15 is 0 Å². The van der Waals surface area contributed by atoms with Gasteiger partial charge < -0.3 is 16.0 Å². The highest BCUT2D eigenvalue weighted by Crippen LogP contribution is 2.19. The fraction of sp³-hybridized carbons (Fsp3) is 0.941. The largest absolute Gasteiger partial charge is 0.368 e. The molecule has 0 fully saturated rings. The monoisotopic (exact) mass is 299 g/mol. The second-order valence-electron chi connectivity index (χ2n) is 6.82. The molecule has 2 unspecified atom stereocenters. The second-order valence-corrected chi connectivity index (χ2v) is 6.82. The maximum absolute atomic E-state index is 11.9. The molecule has 0 radical (unpaired) electrons. The number of nitrogens with one attached hydrogen (secondary N) is 1. The first-order chi connectivity index (χ1) is 9.69. The Kier molecular flexibility index (Phi) is 9.14.